The molecule has 0 unspecified atom stereocenters. The van der Waals surface area contributed by atoms with Crippen molar-refractivity contribution in [2.45, 2.75) is 44.0 Å². The van der Waals surface area contributed by atoms with Gasteiger partial charge in [0.15, 0.2) is 10.9 Å². The number of nitrogen functional groups attached to an aromatic ring is 1. The number of hydrogen-bond acceptors (Lipinski definition) is 10. The van der Waals surface area contributed by atoms with Gasteiger partial charge in [0.2, 0.25) is 0 Å². The Morgan fingerprint density at radius 2 is 1.87 bits per heavy atom. The maximum atomic E-state index is 16.7. The Morgan fingerprint density at radius 1 is 1.13 bits per heavy atom. The molecule has 3 fully saturated rings. The molecule has 3 aliphatic rings. The largest absolute Gasteiger partial charge is 0.463 e. The maximum absolute atomic E-state index is 16.7. The number of aliphatic hydroxyl groups excluding tert-OH is 1. The van der Waals surface area contributed by atoms with Gasteiger partial charge in [0.05, 0.1) is 41.7 Å². The molecule has 0 amide bonds. The van der Waals surface area contributed by atoms with Crippen LogP contribution in [0.25, 0.3) is 32.2 Å². The summed E-state index contributed by atoms with van der Waals surface area (Å²) in [5.41, 5.74) is 2.75. The second-order valence-corrected chi connectivity index (χ2v) is 13.3. The normalized spacial score (nSPS) is 21.7. The summed E-state index contributed by atoms with van der Waals surface area (Å²) in [5.74, 6) is -1.93. The lowest BCUT2D eigenvalue weighted by Crippen LogP contribution is -2.45. The van der Waals surface area contributed by atoms with Crippen LogP contribution in [0.1, 0.15) is 31.2 Å². The SMILES string of the molecule is CN(c1nc(OCC2(CN3CCOCC3)CC2)nc2c(F)c(-c3ccc(F)c4sc(N)nc34)c(C(F)(F)F)cc12)C1CC(O)C1. The Morgan fingerprint density at radius 3 is 2.53 bits per heavy atom. The number of anilines is 2. The molecule has 0 radical (unpaired) electrons. The summed E-state index contributed by atoms with van der Waals surface area (Å²) in [7, 11) is 1.64. The number of ether oxygens (including phenoxy) is 2. The van der Waals surface area contributed by atoms with E-state index in [9.17, 15) is 22.7 Å². The number of hydrogen-bond donors (Lipinski definition) is 2. The zero-order chi connectivity index (χ0) is 31.7. The lowest BCUT2D eigenvalue weighted by Gasteiger charge is -2.39. The van der Waals surface area contributed by atoms with Gasteiger partial charge in [0.25, 0.3) is 0 Å². The van der Waals surface area contributed by atoms with E-state index >= 15 is 4.39 Å². The van der Waals surface area contributed by atoms with E-state index < -0.39 is 35.0 Å². The highest BCUT2D eigenvalue weighted by atomic mass is 32.1. The van der Waals surface area contributed by atoms with E-state index in [0.717, 1.165) is 62.0 Å². The van der Waals surface area contributed by atoms with Crippen molar-refractivity contribution in [2.75, 3.05) is 57.1 Å². The number of alkyl halides is 3. The molecule has 0 bridgehead atoms. The van der Waals surface area contributed by atoms with Crippen LogP contribution >= 0.6 is 11.3 Å². The topological polar surface area (TPSA) is 110 Å². The van der Waals surface area contributed by atoms with E-state index in [1.165, 1.54) is 0 Å². The van der Waals surface area contributed by atoms with Crippen LogP contribution in [0.4, 0.5) is 32.9 Å². The van der Waals surface area contributed by atoms with Gasteiger partial charge in [-0.05, 0) is 43.9 Å². The molecule has 2 aromatic heterocycles. The molecule has 15 heteroatoms. The fourth-order valence-electron chi connectivity index (χ4n) is 6.23. The van der Waals surface area contributed by atoms with Crippen molar-refractivity contribution in [1.82, 2.24) is 19.9 Å². The van der Waals surface area contributed by atoms with Gasteiger partial charge in [-0.1, -0.05) is 11.3 Å². The van der Waals surface area contributed by atoms with E-state index in [-0.39, 0.29) is 61.7 Å². The van der Waals surface area contributed by atoms with Gasteiger partial charge in [-0.2, -0.15) is 23.1 Å². The monoisotopic (exact) mass is 650 g/mol. The first-order valence-electron chi connectivity index (χ1n) is 14.7. The molecule has 240 valence electrons. The van der Waals surface area contributed by atoms with Gasteiger partial charge in [-0.25, -0.2) is 13.8 Å². The number of nitrogens with two attached hydrogens (primary N) is 1. The second-order valence-electron chi connectivity index (χ2n) is 12.2. The minimum Gasteiger partial charge on any atom is -0.463 e. The molecule has 9 nitrogen and oxygen atoms in total. The van der Waals surface area contributed by atoms with Gasteiger partial charge >= 0.3 is 12.2 Å². The summed E-state index contributed by atoms with van der Waals surface area (Å²) >= 11 is 0.763. The average Bonchev–Trinajstić information content (AvgIpc) is 3.63. The third kappa shape index (κ3) is 5.64. The lowest BCUT2D eigenvalue weighted by molar-refractivity contribution is -0.137. The standard InChI is InChI=1S/C30H31F5N6O3S/c1-40(15-10-16(42)11-15)26-18-12-19(30(33,34)35)21(17-2-3-20(31)25-24(17)37-27(36)45-25)22(32)23(18)38-28(39-26)44-14-29(4-5-29)13-41-6-8-43-9-7-41/h2-3,12,15-16,42H,4-11,13-14H2,1H3,(H2,36,37). The quantitative estimate of drug-likeness (QED) is 0.248. The molecule has 3 N–H and O–H groups in total. The molecule has 1 saturated heterocycles. The molecule has 0 atom stereocenters. The summed E-state index contributed by atoms with van der Waals surface area (Å²) in [4.78, 5) is 16.8. The highest BCUT2D eigenvalue weighted by Crippen LogP contribution is 2.48. The van der Waals surface area contributed by atoms with Gasteiger partial charge in [-0.15, -0.1) is 0 Å². The first-order chi connectivity index (χ1) is 21.4. The van der Waals surface area contributed by atoms with Crippen LogP contribution in [0, 0.1) is 17.0 Å². The lowest BCUT2D eigenvalue weighted by atomic mass is 9.88. The summed E-state index contributed by atoms with van der Waals surface area (Å²) in [6.45, 7) is 3.99. The van der Waals surface area contributed by atoms with Crippen molar-refractivity contribution in [3.05, 3.63) is 35.4 Å². The summed E-state index contributed by atoms with van der Waals surface area (Å²) in [6.07, 6.45) is -2.93. The zero-order valence-electron chi connectivity index (χ0n) is 24.3. The predicted molar refractivity (Wildman–Crippen MR) is 159 cm³/mol. The first-order valence-corrected chi connectivity index (χ1v) is 15.5. The van der Waals surface area contributed by atoms with Crippen LogP contribution < -0.4 is 15.4 Å². The van der Waals surface area contributed by atoms with Crippen molar-refractivity contribution in [1.29, 1.82) is 0 Å². The average molecular weight is 651 g/mol. The van der Waals surface area contributed by atoms with E-state index in [1.54, 1.807) is 11.9 Å². The van der Waals surface area contributed by atoms with Crippen molar-refractivity contribution in [3.63, 3.8) is 0 Å². The number of morpholine rings is 1. The number of aromatic nitrogens is 3. The summed E-state index contributed by atoms with van der Waals surface area (Å²) in [6, 6.07) is 2.47. The number of halogens is 5. The van der Waals surface area contributed by atoms with Crippen LogP contribution in [-0.2, 0) is 10.9 Å². The molecule has 1 aliphatic heterocycles. The van der Waals surface area contributed by atoms with Crippen LogP contribution in [0.15, 0.2) is 18.2 Å². The Hall–Kier alpha value is -3.40. The number of rotatable bonds is 8. The molecule has 4 aromatic rings. The van der Waals surface area contributed by atoms with Gasteiger partial charge in [0.1, 0.15) is 17.2 Å². The Kier molecular flexibility index (Phi) is 7.49. The van der Waals surface area contributed by atoms with E-state index in [2.05, 4.69) is 19.9 Å². The van der Waals surface area contributed by atoms with Gasteiger partial charge in [0, 0.05) is 54.7 Å². The molecule has 0 spiro atoms. The first kappa shape index (κ1) is 30.3. The summed E-state index contributed by atoms with van der Waals surface area (Å²) < 4.78 is 86.7. The maximum Gasteiger partial charge on any atom is 0.417 e. The number of benzene rings is 2. The zero-order valence-corrected chi connectivity index (χ0v) is 25.1. The third-order valence-electron chi connectivity index (χ3n) is 9.07. The number of fused-ring (bicyclic) bond motifs is 2. The van der Waals surface area contributed by atoms with Crippen LogP contribution in [0.5, 0.6) is 6.01 Å². The molecular formula is C30H31F5N6O3S. The van der Waals surface area contributed by atoms with E-state index in [1.807, 2.05) is 0 Å². The van der Waals surface area contributed by atoms with Crippen LogP contribution in [0.3, 0.4) is 0 Å². The van der Waals surface area contributed by atoms with Crippen molar-refractivity contribution in [3.8, 4) is 17.1 Å². The van der Waals surface area contributed by atoms with Crippen molar-refractivity contribution < 1.29 is 36.5 Å². The van der Waals surface area contributed by atoms with E-state index in [4.69, 9.17) is 15.2 Å². The fraction of sp³-hybridized carbons (Fsp3) is 0.500. The number of thiazole rings is 1. The smallest absolute Gasteiger partial charge is 0.417 e. The Labute approximate surface area is 258 Å². The van der Waals surface area contributed by atoms with Crippen molar-refractivity contribution >= 4 is 43.4 Å². The molecule has 3 heterocycles. The number of aliphatic hydroxyl groups is 1. The minimum atomic E-state index is -5.00. The number of nitrogens with zero attached hydrogens (tertiary/aromatic N) is 5. The fourth-order valence-corrected chi connectivity index (χ4v) is 6.99. The van der Waals surface area contributed by atoms with Crippen LogP contribution in [0.2, 0.25) is 0 Å². The predicted octanol–water partition coefficient (Wildman–Crippen LogP) is 5.24. The highest BCUT2D eigenvalue weighted by Gasteiger charge is 2.45. The minimum absolute atomic E-state index is 0.0584. The Bertz CT molecular complexity index is 1770. The molecule has 45 heavy (non-hydrogen) atoms. The molecule has 2 saturated carbocycles. The Balaban J connectivity index is 1.36. The molecular weight excluding hydrogens is 619 g/mol. The van der Waals surface area contributed by atoms with Crippen LogP contribution in [-0.4, -0.2) is 83.6 Å². The highest BCUT2D eigenvalue weighted by molar-refractivity contribution is 7.22. The van der Waals surface area contributed by atoms with Crippen molar-refractivity contribution in [2.24, 2.45) is 5.41 Å². The van der Waals surface area contributed by atoms with Gasteiger partial charge < -0.3 is 25.2 Å². The second kappa shape index (κ2) is 11.1. The summed E-state index contributed by atoms with van der Waals surface area (Å²) in [5, 5.41) is 9.69. The molecule has 2 aromatic carbocycles. The van der Waals surface area contributed by atoms with Gasteiger partial charge in [-0.3, -0.25) is 4.90 Å². The third-order valence-corrected chi connectivity index (χ3v) is 9.97. The molecule has 7 rings (SSSR count). The van der Waals surface area contributed by atoms with E-state index in [0.29, 0.717) is 26.1 Å². The molecule has 2 aliphatic carbocycles.